The minimum atomic E-state index is -1.76. The highest BCUT2D eigenvalue weighted by Gasteiger charge is 2.39. The molecule has 38 heavy (non-hydrogen) atoms. The van der Waals surface area contributed by atoms with Gasteiger partial charge in [0, 0.05) is 13.1 Å². The summed E-state index contributed by atoms with van der Waals surface area (Å²) in [5.41, 5.74) is 1.78. The third-order valence-corrected chi connectivity index (χ3v) is 7.82. The maximum absolute atomic E-state index is 14.1. The summed E-state index contributed by atoms with van der Waals surface area (Å²) in [6.45, 7) is 9.01. The van der Waals surface area contributed by atoms with Crippen LogP contribution in [-0.2, 0) is 43.4 Å². The van der Waals surface area contributed by atoms with Crippen LogP contribution in [0.4, 0.5) is 0 Å². The highest BCUT2D eigenvalue weighted by Crippen LogP contribution is 2.24. The first-order valence-corrected chi connectivity index (χ1v) is 14.3. The molecule has 1 aliphatic rings. The quantitative estimate of drug-likeness (QED) is 0.278. The van der Waals surface area contributed by atoms with E-state index in [0.29, 0.717) is 25.9 Å². The van der Waals surface area contributed by atoms with Gasteiger partial charge in [-0.05, 0) is 35.8 Å². The monoisotopic (exact) mass is 540 g/mol. The van der Waals surface area contributed by atoms with Crippen molar-refractivity contribution in [2.24, 2.45) is 11.8 Å². The van der Waals surface area contributed by atoms with Crippen molar-refractivity contribution in [2.45, 2.75) is 65.8 Å². The zero-order valence-electron chi connectivity index (χ0n) is 22.8. The van der Waals surface area contributed by atoms with Crippen LogP contribution >= 0.6 is 0 Å². The lowest BCUT2D eigenvalue weighted by atomic mass is 10.0. The molecule has 1 aliphatic heterocycles. The zero-order chi connectivity index (χ0) is 27.5. The van der Waals surface area contributed by atoms with Gasteiger partial charge in [-0.1, -0.05) is 101 Å². The molecule has 0 amide bonds. The lowest BCUT2D eigenvalue weighted by Gasteiger charge is -2.35. The van der Waals surface area contributed by atoms with E-state index in [1.54, 1.807) is 8.61 Å². The molecule has 0 saturated heterocycles. The molecule has 0 N–H and O–H groups in total. The maximum Gasteiger partial charge on any atom is 0.324 e. The standard InChI is InChI=1S/C30H40N2O5S/c1-23(2)19-27(29(33)36-21-25-13-7-5-8-14-25)31-17-11-12-18-32(38(31)35)28(20-24(3)4)30(34)37-22-26-15-9-6-10-16-26/h5-16,23-24,27-28H,17-22H2,1-4H3/t27-,28-/m0/s1. The van der Waals surface area contributed by atoms with Crippen molar-refractivity contribution >= 4 is 23.1 Å². The number of ether oxygens (including phenoxy) is 2. The van der Waals surface area contributed by atoms with Crippen molar-refractivity contribution in [3.8, 4) is 0 Å². The Morgan fingerprint density at radius 2 is 1.08 bits per heavy atom. The average molecular weight is 541 g/mol. The van der Waals surface area contributed by atoms with Crippen LogP contribution in [0.25, 0.3) is 0 Å². The predicted molar refractivity (Wildman–Crippen MR) is 150 cm³/mol. The lowest BCUT2D eigenvalue weighted by molar-refractivity contribution is -0.150. The summed E-state index contributed by atoms with van der Waals surface area (Å²) in [5.74, 6) is -0.495. The lowest BCUT2D eigenvalue weighted by Crippen LogP contribution is -2.52. The van der Waals surface area contributed by atoms with Crippen molar-refractivity contribution in [1.29, 1.82) is 0 Å². The average Bonchev–Trinajstić information content (AvgIpc) is 3.09. The van der Waals surface area contributed by atoms with Crippen LogP contribution in [0, 0.1) is 11.8 Å². The third-order valence-electron chi connectivity index (χ3n) is 6.22. The Hall–Kier alpha value is -2.81. The van der Waals surface area contributed by atoms with Crippen molar-refractivity contribution in [2.75, 3.05) is 13.1 Å². The van der Waals surface area contributed by atoms with E-state index in [4.69, 9.17) is 9.47 Å². The Labute approximate surface area is 229 Å². The first-order valence-electron chi connectivity index (χ1n) is 13.3. The van der Waals surface area contributed by atoms with Gasteiger partial charge in [0.25, 0.3) is 0 Å². The Bertz CT molecular complexity index is 991. The highest BCUT2D eigenvalue weighted by atomic mass is 32.2. The van der Waals surface area contributed by atoms with Crippen molar-refractivity contribution < 1.29 is 23.3 Å². The summed E-state index contributed by atoms with van der Waals surface area (Å²) in [6.07, 6.45) is 4.76. The number of carbonyl (C=O) groups excluding carboxylic acids is 2. The van der Waals surface area contributed by atoms with Gasteiger partial charge in [0.15, 0.2) is 11.2 Å². The van der Waals surface area contributed by atoms with Gasteiger partial charge < -0.3 is 9.47 Å². The Morgan fingerprint density at radius 3 is 1.42 bits per heavy atom. The minimum Gasteiger partial charge on any atom is -0.460 e. The number of nitrogens with zero attached hydrogens (tertiary/aromatic N) is 2. The second kappa shape index (κ2) is 15.0. The van der Waals surface area contributed by atoms with Gasteiger partial charge in [-0.25, -0.2) is 4.21 Å². The molecule has 8 heteroatoms. The predicted octanol–water partition coefficient (Wildman–Crippen LogP) is 5.06. The summed E-state index contributed by atoms with van der Waals surface area (Å²) in [7, 11) is 0. The van der Waals surface area contributed by atoms with Crippen LogP contribution < -0.4 is 0 Å². The van der Waals surface area contributed by atoms with Gasteiger partial charge in [-0.15, -0.1) is 0 Å². The van der Waals surface area contributed by atoms with E-state index >= 15 is 0 Å². The first-order chi connectivity index (χ1) is 18.3. The molecule has 0 bridgehead atoms. The summed E-state index contributed by atoms with van der Waals surface area (Å²) >= 11 is -1.76. The second-order valence-corrected chi connectivity index (χ2v) is 11.8. The fourth-order valence-electron chi connectivity index (χ4n) is 4.30. The molecule has 0 unspecified atom stereocenters. The number of esters is 2. The molecule has 206 valence electrons. The molecule has 0 saturated carbocycles. The molecule has 7 nitrogen and oxygen atoms in total. The SMILES string of the molecule is CC(C)C[C@@H](C(=O)OCc1ccccc1)N1CC=CCN([C@@H](CC(C)C)C(=O)OCc2ccccc2)S1=O. The Kier molecular flexibility index (Phi) is 11.7. The van der Waals surface area contributed by atoms with E-state index in [1.807, 2.05) is 101 Å². The van der Waals surface area contributed by atoms with Crippen LogP contribution in [0.2, 0.25) is 0 Å². The van der Waals surface area contributed by atoms with Crippen molar-refractivity contribution in [3.63, 3.8) is 0 Å². The van der Waals surface area contributed by atoms with Gasteiger partial charge in [-0.3, -0.25) is 9.59 Å². The zero-order valence-corrected chi connectivity index (χ0v) is 23.6. The maximum atomic E-state index is 14.1. The fourth-order valence-corrected chi connectivity index (χ4v) is 5.77. The molecule has 0 radical (unpaired) electrons. The molecule has 2 atom stereocenters. The summed E-state index contributed by atoms with van der Waals surface area (Å²) in [6, 6.07) is 17.6. The highest BCUT2D eigenvalue weighted by molar-refractivity contribution is 7.80. The van der Waals surface area contributed by atoms with Crippen LogP contribution in [0.3, 0.4) is 0 Å². The van der Waals surface area contributed by atoms with Crippen LogP contribution in [0.1, 0.15) is 51.7 Å². The van der Waals surface area contributed by atoms with E-state index < -0.39 is 35.2 Å². The number of hydrogen-bond acceptors (Lipinski definition) is 5. The van der Waals surface area contributed by atoms with Crippen molar-refractivity contribution in [1.82, 2.24) is 8.61 Å². The molecule has 0 fully saturated rings. The number of hydrogen-bond donors (Lipinski definition) is 0. The Balaban J connectivity index is 1.79. The van der Waals surface area contributed by atoms with E-state index in [2.05, 4.69) is 0 Å². The third kappa shape index (κ3) is 8.89. The summed E-state index contributed by atoms with van der Waals surface area (Å²) in [4.78, 5) is 26.6. The number of rotatable bonds is 12. The Morgan fingerprint density at radius 1 is 0.711 bits per heavy atom. The summed E-state index contributed by atoms with van der Waals surface area (Å²) in [5, 5.41) is 0. The van der Waals surface area contributed by atoms with Crippen molar-refractivity contribution in [3.05, 3.63) is 83.9 Å². The van der Waals surface area contributed by atoms with Gasteiger partial charge in [0.1, 0.15) is 25.3 Å². The molecular formula is C30H40N2O5S. The second-order valence-electron chi connectivity index (χ2n) is 10.4. The molecule has 0 aromatic heterocycles. The van der Waals surface area contributed by atoms with E-state index in [0.717, 1.165) is 11.1 Å². The van der Waals surface area contributed by atoms with Crippen LogP contribution in [0.15, 0.2) is 72.8 Å². The van der Waals surface area contributed by atoms with E-state index in [9.17, 15) is 13.8 Å². The molecule has 2 aromatic rings. The molecule has 0 spiro atoms. The van der Waals surface area contributed by atoms with E-state index in [-0.39, 0.29) is 25.0 Å². The van der Waals surface area contributed by atoms with Gasteiger partial charge >= 0.3 is 11.9 Å². The largest absolute Gasteiger partial charge is 0.460 e. The van der Waals surface area contributed by atoms with Crippen LogP contribution in [-0.4, -0.2) is 49.9 Å². The number of carbonyl (C=O) groups is 2. The molecule has 2 aromatic carbocycles. The van der Waals surface area contributed by atoms with Crippen LogP contribution in [0.5, 0.6) is 0 Å². The fraction of sp³-hybridized carbons (Fsp3) is 0.467. The number of benzene rings is 2. The summed E-state index contributed by atoms with van der Waals surface area (Å²) < 4.78 is 28.7. The normalized spacial score (nSPS) is 16.8. The molecule has 3 rings (SSSR count). The van der Waals surface area contributed by atoms with Gasteiger partial charge in [0.2, 0.25) is 0 Å². The van der Waals surface area contributed by atoms with E-state index in [1.165, 1.54) is 0 Å². The van der Waals surface area contributed by atoms with Gasteiger partial charge in [-0.2, -0.15) is 8.61 Å². The molecular weight excluding hydrogens is 500 g/mol. The molecule has 0 aliphatic carbocycles. The smallest absolute Gasteiger partial charge is 0.324 e. The first kappa shape index (κ1) is 29.7. The minimum absolute atomic E-state index is 0.149. The topological polar surface area (TPSA) is 76.2 Å². The van der Waals surface area contributed by atoms with Gasteiger partial charge in [0.05, 0.1) is 0 Å². The molecule has 1 heterocycles.